The van der Waals surface area contributed by atoms with Gasteiger partial charge < -0.3 is 9.80 Å². The van der Waals surface area contributed by atoms with Crippen molar-refractivity contribution in [2.24, 2.45) is 0 Å². The van der Waals surface area contributed by atoms with E-state index >= 15 is 0 Å². The molecular formula is C20H28N6. The molecule has 6 heteroatoms. The van der Waals surface area contributed by atoms with Gasteiger partial charge in [0.2, 0.25) is 5.95 Å². The van der Waals surface area contributed by atoms with Crippen molar-refractivity contribution >= 4 is 11.8 Å². The smallest absolute Gasteiger partial charge is 0.227 e. The molecule has 0 aromatic carbocycles. The number of piperidine rings is 1. The fourth-order valence-electron chi connectivity index (χ4n) is 3.80. The first-order valence-electron chi connectivity index (χ1n) is 9.83. The Morgan fingerprint density at radius 1 is 0.846 bits per heavy atom. The lowest BCUT2D eigenvalue weighted by atomic mass is 10.1. The van der Waals surface area contributed by atoms with Gasteiger partial charge in [0.05, 0.1) is 0 Å². The van der Waals surface area contributed by atoms with Gasteiger partial charge in [0, 0.05) is 64.4 Å². The van der Waals surface area contributed by atoms with Crippen LogP contribution in [0.3, 0.4) is 0 Å². The van der Waals surface area contributed by atoms with Crippen LogP contribution in [-0.2, 0) is 6.42 Å². The molecule has 2 aromatic heterocycles. The highest BCUT2D eigenvalue weighted by molar-refractivity contribution is 5.44. The van der Waals surface area contributed by atoms with E-state index in [1.165, 1.54) is 24.8 Å². The summed E-state index contributed by atoms with van der Waals surface area (Å²) in [6, 6.07) is 6.22. The third-order valence-electron chi connectivity index (χ3n) is 5.40. The Balaban J connectivity index is 1.30. The Kier molecular flexibility index (Phi) is 5.59. The molecule has 2 aromatic rings. The molecule has 0 atom stereocenters. The monoisotopic (exact) mass is 352 g/mol. The number of hydrogen-bond acceptors (Lipinski definition) is 6. The summed E-state index contributed by atoms with van der Waals surface area (Å²) in [7, 11) is 0. The van der Waals surface area contributed by atoms with Gasteiger partial charge >= 0.3 is 0 Å². The zero-order valence-electron chi connectivity index (χ0n) is 15.4. The minimum atomic E-state index is 0.889. The molecule has 0 spiro atoms. The van der Waals surface area contributed by atoms with Crippen molar-refractivity contribution in [1.29, 1.82) is 0 Å². The summed E-state index contributed by atoms with van der Waals surface area (Å²) in [6.45, 7) is 7.47. The van der Waals surface area contributed by atoms with Crippen molar-refractivity contribution in [2.45, 2.75) is 25.7 Å². The molecule has 0 saturated carbocycles. The molecule has 2 fully saturated rings. The minimum absolute atomic E-state index is 0.889. The Morgan fingerprint density at radius 2 is 1.69 bits per heavy atom. The maximum Gasteiger partial charge on any atom is 0.227 e. The molecule has 4 rings (SSSR count). The number of hydrogen-bond donors (Lipinski definition) is 0. The standard InChI is InChI=1S/C20H28N6/c1-2-10-25(11-3-1)19-6-9-22-20(23-19)26-15-13-24(14-16-26)12-7-18-5-4-8-21-17-18/h4-6,8-9,17H,1-3,7,10-16H2. The van der Waals surface area contributed by atoms with Gasteiger partial charge in [-0.2, -0.15) is 4.98 Å². The highest BCUT2D eigenvalue weighted by atomic mass is 15.3. The van der Waals surface area contributed by atoms with Crippen LogP contribution in [-0.4, -0.2) is 65.7 Å². The van der Waals surface area contributed by atoms with Crippen LogP contribution in [0.2, 0.25) is 0 Å². The van der Waals surface area contributed by atoms with Crippen molar-refractivity contribution in [1.82, 2.24) is 19.9 Å². The number of piperazine rings is 1. The second kappa shape index (κ2) is 8.45. The lowest BCUT2D eigenvalue weighted by molar-refractivity contribution is 0.259. The average molecular weight is 352 g/mol. The molecular weight excluding hydrogens is 324 g/mol. The normalized spacial score (nSPS) is 18.9. The summed E-state index contributed by atoms with van der Waals surface area (Å²) in [4.78, 5) is 20.8. The molecule has 0 radical (unpaired) electrons. The fraction of sp³-hybridized carbons (Fsp3) is 0.550. The number of aromatic nitrogens is 3. The highest BCUT2D eigenvalue weighted by Crippen LogP contribution is 2.20. The van der Waals surface area contributed by atoms with Crippen LogP contribution in [0, 0.1) is 0 Å². The molecule has 0 bridgehead atoms. The third-order valence-corrected chi connectivity index (χ3v) is 5.40. The molecule has 2 aliphatic rings. The Bertz CT molecular complexity index is 678. The van der Waals surface area contributed by atoms with Gasteiger partial charge in [-0.15, -0.1) is 0 Å². The maximum atomic E-state index is 4.85. The van der Waals surface area contributed by atoms with Crippen LogP contribution < -0.4 is 9.80 Å². The van der Waals surface area contributed by atoms with Crippen LogP contribution in [0.4, 0.5) is 11.8 Å². The van der Waals surface area contributed by atoms with Crippen molar-refractivity contribution in [3.05, 3.63) is 42.4 Å². The summed E-state index contributed by atoms with van der Waals surface area (Å²) in [5.41, 5.74) is 1.31. The Morgan fingerprint density at radius 3 is 2.46 bits per heavy atom. The summed E-state index contributed by atoms with van der Waals surface area (Å²) in [5, 5.41) is 0. The van der Waals surface area contributed by atoms with Crippen molar-refractivity contribution < 1.29 is 0 Å². The van der Waals surface area contributed by atoms with Gasteiger partial charge in [-0.1, -0.05) is 6.07 Å². The van der Waals surface area contributed by atoms with E-state index in [1.54, 1.807) is 0 Å². The lowest BCUT2D eigenvalue weighted by Crippen LogP contribution is -2.47. The van der Waals surface area contributed by atoms with E-state index < -0.39 is 0 Å². The maximum absolute atomic E-state index is 4.85. The zero-order chi connectivity index (χ0) is 17.6. The topological polar surface area (TPSA) is 48.4 Å². The molecule has 2 saturated heterocycles. The molecule has 2 aliphatic heterocycles. The van der Waals surface area contributed by atoms with E-state index in [0.717, 1.165) is 64.0 Å². The molecule has 4 heterocycles. The van der Waals surface area contributed by atoms with Crippen LogP contribution in [0.1, 0.15) is 24.8 Å². The van der Waals surface area contributed by atoms with E-state index in [0.29, 0.717) is 0 Å². The van der Waals surface area contributed by atoms with E-state index in [1.807, 2.05) is 24.7 Å². The minimum Gasteiger partial charge on any atom is -0.356 e. The van der Waals surface area contributed by atoms with Gasteiger partial charge in [-0.25, -0.2) is 4.98 Å². The summed E-state index contributed by atoms with van der Waals surface area (Å²) in [5.74, 6) is 1.98. The van der Waals surface area contributed by atoms with E-state index in [2.05, 4.69) is 36.8 Å². The summed E-state index contributed by atoms with van der Waals surface area (Å²) < 4.78 is 0. The van der Waals surface area contributed by atoms with E-state index in [-0.39, 0.29) is 0 Å². The van der Waals surface area contributed by atoms with Gasteiger partial charge in [0.25, 0.3) is 0 Å². The highest BCUT2D eigenvalue weighted by Gasteiger charge is 2.20. The first-order valence-corrected chi connectivity index (χ1v) is 9.83. The largest absolute Gasteiger partial charge is 0.356 e. The van der Waals surface area contributed by atoms with Gasteiger partial charge in [-0.3, -0.25) is 9.88 Å². The zero-order valence-corrected chi connectivity index (χ0v) is 15.4. The van der Waals surface area contributed by atoms with Crippen molar-refractivity contribution in [3.63, 3.8) is 0 Å². The van der Waals surface area contributed by atoms with Crippen LogP contribution >= 0.6 is 0 Å². The van der Waals surface area contributed by atoms with Gasteiger partial charge in [-0.05, 0) is 43.4 Å². The van der Waals surface area contributed by atoms with Crippen LogP contribution in [0.5, 0.6) is 0 Å². The number of rotatable bonds is 5. The second-order valence-corrected chi connectivity index (χ2v) is 7.20. The van der Waals surface area contributed by atoms with Crippen molar-refractivity contribution in [3.8, 4) is 0 Å². The Labute approximate surface area is 155 Å². The lowest BCUT2D eigenvalue weighted by Gasteiger charge is -2.35. The third kappa shape index (κ3) is 4.30. The number of pyridine rings is 1. The molecule has 138 valence electrons. The van der Waals surface area contributed by atoms with Crippen molar-refractivity contribution in [2.75, 3.05) is 55.6 Å². The predicted molar refractivity (Wildman–Crippen MR) is 105 cm³/mol. The predicted octanol–water partition coefficient (Wildman–Crippen LogP) is 2.23. The van der Waals surface area contributed by atoms with Crippen LogP contribution in [0.25, 0.3) is 0 Å². The van der Waals surface area contributed by atoms with E-state index in [4.69, 9.17) is 4.98 Å². The molecule has 0 unspecified atom stereocenters. The number of nitrogens with zero attached hydrogens (tertiary/aromatic N) is 6. The number of anilines is 2. The fourth-order valence-corrected chi connectivity index (χ4v) is 3.80. The molecule has 26 heavy (non-hydrogen) atoms. The Hall–Kier alpha value is -2.21. The first kappa shape index (κ1) is 17.2. The van der Waals surface area contributed by atoms with Gasteiger partial charge in [0.1, 0.15) is 5.82 Å². The molecule has 6 nitrogen and oxygen atoms in total. The summed E-state index contributed by atoms with van der Waals surface area (Å²) in [6.07, 6.45) is 10.7. The first-order chi connectivity index (χ1) is 12.9. The molecule has 0 aliphatic carbocycles. The SMILES string of the molecule is c1cncc(CCN2CCN(c3nccc(N4CCCCC4)n3)CC2)c1. The average Bonchev–Trinajstić information content (AvgIpc) is 2.74. The van der Waals surface area contributed by atoms with Gasteiger partial charge in [0.15, 0.2) is 0 Å². The molecule has 0 N–H and O–H groups in total. The van der Waals surface area contributed by atoms with E-state index in [9.17, 15) is 0 Å². The second-order valence-electron chi connectivity index (χ2n) is 7.20. The van der Waals surface area contributed by atoms with Crippen LogP contribution in [0.15, 0.2) is 36.8 Å². The molecule has 0 amide bonds. The summed E-state index contributed by atoms with van der Waals surface area (Å²) >= 11 is 0. The quantitative estimate of drug-likeness (QED) is 0.822.